The predicted molar refractivity (Wildman–Crippen MR) is 130 cm³/mol. The number of aromatic nitrogens is 3. The summed E-state index contributed by atoms with van der Waals surface area (Å²) >= 11 is 0. The Hall–Kier alpha value is -3.65. The third-order valence-electron chi connectivity index (χ3n) is 6.08. The van der Waals surface area contributed by atoms with E-state index in [9.17, 15) is 0 Å². The summed E-state index contributed by atoms with van der Waals surface area (Å²) in [6.45, 7) is 5.64. The second kappa shape index (κ2) is 9.87. The minimum atomic E-state index is 0.585. The first kappa shape index (κ1) is 21.2. The van der Waals surface area contributed by atoms with Crippen molar-refractivity contribution in [3.05, 3.63) is 72.2 Å². The number of aromatic amines is 1. The van der Waals surface area contributed by atoms with E-state index in [1.165, 1.54) is 16.3 Å². The maximum Gasteiger partial charge on any atom is 0.216 e. The molecular formula is C25H29N7O. The zero-order valence-corrected chi connectivity index (χ0v) is 18.9. The van der Waals surface area contributed by atoms with Crippen molar-refractivity contribution in [1.82, 2.24) is 30.3 Å². The Labute approximate surface area is 193 Å². The summed E-state index contributed by atoms with van der Waals surface area (Å²) in [5.41, 5.74) is 1.39. The predicted octanol–water partition coefficient (Wildman–Crippen LogP) is 3.15. The Morgan fingerprint density at radius 1 is 1.06 bits per heavy atom. The van der Waals surface area contributed by atoms with Gasteiger partial charge in [-0.1, -0.05) is 42.5 Å². The molecule has 5 rings (SSSR count). The molecule has 0 bridgehead atoms. The highest BCUT2D eigenvalue weighted by molar-refractivity contribution is 5.85. The molecule has 2 N–H and O–H groups in total. The Balaban J connectivity index is 1.11. The standard InChI is InChI=1S/C25H29N7O/c1-26-25(27-12-11-23-28-24(30-29-23)22-10-5-17-33-22)32-15-13-31(14-16-32)18-20-8-4-7-19-6-2-3-9-21(19)20/h2-10,17H,11-16,18H2,1H3,(H,26,27)(H,28,29,30). The van der Waals surface area contributed by atoms with E-state index in [1.807, 2.05) is 19.2 Å². The van der Waals surface area contributed by atoms with Gasteiger partial charge in [-0.25, -0.2) is 4.98 Å². The summed E-state index contributed by atoms with van der Waals surface area (Å²) in [6.07, 6.45) is 2.35. The van der Waals surface area contributed by atoms with Crippen LogP contribution in [0.4, 0.5) is 0 Å². The molecule has 0 aliphatic carbocycles. The summed E-state index contributed by atoms with van der Waals surface area (Å²) in [4.78, 5) is 13.8. The Morgan fingerprint density at radius 2 is 1.91 bits per heavy atom. The van der Waals surface area contributed by atoms with Crippen LogP contribution in [0.1, 0.15) is 11.4 Å². The fraction of sp³-hybridized carbons (Fsp3) is 0.320. The van der Waals surface area contributed by atoms with Crippen LogP contribution in [0, 0.1) is 0 Å². The molecule has 3 heterocycles. The van der Waals surface area contributed by atoms with Gasteiger partial charge >= 0.3 is 0 Å². The lowest BCUT2D eigenvalue weighted by atomic mass is 10.0. The molecule has 1 fully saturated rings. The third-order valence-corrected chi connectivity index (χ3v) is 6.08. The van der Waals surface area contributed by atoms with Gasteiger partial charge in [0.05, 0.1) is 6.26 Å². The zero-order chi connectivity index (χ0) is 22.5. The van der Waals surface area contributed by atoms with Crippen LogP contribution in [0.2, 0.25) is 0 Å². The molecule has 1 aliphatic rings. The third kappa shape index (κ3) is 4.90. The van der Waals surface area contributed by atoms with Crippen molar-refractivity contribution >= 4 is 16.7 Å². The Morgan fingerprint density at radius 3 is 2.73 bits per heavy atom. The van der Waals surface area contributed by atoms with Gasteiger partial charge in [-0.2, -0.15) is 5.10 Å². The average Bonchev–Trinajstić information content (AvgIpc) is 3.55. The summed E-state index contributed by atoms with van der Waals surface area (Å²) in [6, 6.07) is 18.9. The van der Waals surface area contributed by atoms with Crippen LogP contribution in [-0.4, -0.2) is 70.7 Å². The van der Waals surface area contributed by atoms with Crippen molar-refractivity contribution in [3.8, 4) is 11.6 Å². The molecule has 0 spiro atoms. The number of aliphatic imine (C=N–C) groups is 1. The number of hydrogen-bond acceptors (Lipinski definition) is 5. The van der Waals surface area contributed by atoms with E-state index in [2.05, 4.69) is 77.8 Å². The van der Waals surface area contributed by atoms with Crippen molar-refractivity contribution in [3.63, 3.8) is 0 Å². The molecule has 2 aromatic heterocycles. The van der Waals surface area contributed by atoms with E-state index < -0.39 is 0 Å². The van der Waals surface area contributed by atoms with Crippen molar-refractivity contribution < 1.29 is 4.42 Å². The number of hydrogen-bond donors (Lipinski definition) is 2. The van der Waals surface area contributed by atoms with Crippen LogP contribution < -0.4 is 5.32 Å². The van der Waals surface area contributed by atoms with Crippen molar-refractivity contribution in [2.45, 2.75) is 13.0 Å². The molecular weight excluding hydrogens is 414 g/mol. The van der Waals surface area contributed by atoms with Gasteiger partial charge in [0, 0.05) is 52.7 Å². The van der Waals surface area contributed by atoms with Gasteiger partial charge in [0.1, 0.15) is 5.82 Å². The van der Waals surface area contributed by atoms with E-state index >= 15 is 0 Å². The van der Waals surface area contributed by atoms with Gasteiger partial charge in [-0.3, -0.25) is 15.0 Å². The largest absolute Gasteiger partial charge is 0.461 e. The van der Waals surface area contributed by atoms with Gasteiger partial charge < -0.3 is 14.6 Å². The molecule has 2 aromatic carbocycles. The van der Waals surface area contributed by atoms with E-state index in [4.69, 9.17) is 4.42 Å². The van der Waals surface area contributed by atoms with Crippen LogP contribution in [-0.2, 0) is 13.0 Å². The molecule has 0 atom stereocenters. The molecule has 0 amide bonds. The van der Waals surface area contributed by atoms with Gasteiger partial charge in [-0.15, -0.1) is 0 Å². The number of fused-ring (bicyclic) bond motifs is 1. The molecule has 170 valence electrons. The number of piperazine rings is 1. The Bertz CT molecular complexity index is 1200. The molecule has 0 unspecified atom stereocenters. The van der Waals surface area contributed by atoms with E-state index in [0.29, 0.717) is 11.6 Å². The number of nitrogens with zero attached hydrogens (tertiary/aromatic N) is 5. The van der Waals surface area contributed by atoms with Crippen LogP contribution in [0.5, 0.6) is 0 Å². The quantitative estimate of drug-likeness (QED) is 0.352. The topological polar surface area (TPSA) is 85.6 Å². The molecule has 0 radical (unpaired) electrons. The molecule has 8 heteroatoms. The number of rotatable bonds is 6. The average molecular weight is 444 g/mol. The summed E-state index contributed by atoms with van der Waals surface area (Å²) in [5.74, 6) is 3.01. The molecule has 1 aliphatic heterocycles. The van der Waals surface area contributed by atoms with Crippen molar-refractivity contribution in [2.75, 3.05) is 39.8 Å². The van der Waals surface area contributed by atoms with Crippen molar-refractivity contribution in [2.24, 2.45) is 4.99 Å². The normalized spacial score (nSPS) is 15.3. The van der Waals surface area contributed by atoms with Crippen LogP contribution in [0.15, 0.2) is 70.3 Å². The molecule has 8 nitrogen and oxygen atoms in total. The van der Waals surface area contributed by atoms with Gasteiger partial charge in [-0.05, 0) is 28.5 Å². The minimum absolute atomic E-state index is 0.585. The number of nitrogens with one attached hydrogen (secondary N) is 2. The van der Waals surface area contributed by atoms with Crippen LogP contribution in [0.25, 0.3) is 22.4 Å². The van der Waals surface area contributed by atoms with Gasteiger partial charge in [0.15, 0.2) is 11.7 Å². The van der Waals surface area contributed by atoms with E-state index in [-0.39, 0.29) is 0 Å². The highest BCUT2D eigenvalue weighted by Gasteiger charge is 2.20. The zero-order valence-electron chi connectivity index (χ0n) is 18.9. The fourth-order valence-electron chi connectivity index (χ4n) is 4.34. The molecule has 4 aromatic rings. The summed E-state index contributed by atoms with van der Waals surface area (Å²) in [5, 5.41) is 13.3. The van der Waals surface area contributed by atoms with E-state index in [1.54, 1.807) is 6.26 Å². The van der Waals surface area contributed by atoms with Gasteiger partial charge in [0.25, 0.3) is 0 Å². The second-order valence-electron chi connectivity index (χ2n) is 8.21. The van der Waals surface area contributed by atoms with Crippen molar-refractivity contribution in [1.29, 1.82) is 0 Å². The van der Waals surface area contributed by atoms with E-state index in [0.717, 1.165) is 57.5 Å². The van der Waals surface area contributed by atoms with Gasteiger partial charge in [0.2, 0.25) is 5.82 Å². The maximum absolute atomic E-state index is 5.35. The number of furan rings is 1. The number of H-pyrrole nitrogens is 1. The van der Waals surface area contributed by atoms with Crippen LogP contribution in [0.3, 0.4) is 0 Å². The molecule has 33 heavy (non-hydrogen) atoms. The highest BCUT2D eigenvalue weighted by atomic mass is 16.3. The molecule has 0 saturated carbocycles. The monoisotopic (exact) mass is 443 g/mol. The smallest absolute Gasteiger partial charge is 0.216 e. The molecule has 1 saturated heterocycles. The second-order valence-corrected chi connectivity index (χ2v) is 8.21. The minimum Gasteiger partial charge on any atom is -0.461 e. The first-order chi connectivity index (χ1) is 16.3. The van der Waals surface area contributed by atoms with Crippen LogP contribution >= 0.6 is 0 Å². The lowest BCUT2D eigenvalue weighted by molar-refractivity contribution is 0.173. The fourth-order valence-corrected chi connectivity index (χ4v) is 4.34. The lowest BCUT2D eigenvalue weighted by Gasteiger charge is -2.36. The summed E-state index contributed by atoms with van der Waals surface area (Å²) in [7, 11) is 1.84. The number of benzene rings is 2. The SMILES string of the molecule is CN=C(NCCc1nc(-c2ccco2)n[nH]1)N1CCN(Cc2cccc3ccccc23)CC1. The lowest BCUT2D eigenvalue weighted by Crippen LogP contribution is -2.52. The Kier molecular flexibility index (Phi) is 6.34. The number of guanidine groups is 1. The first-order valence-electron chi connectivity index (χ1n) is 11.4. The highest BCUT2D eigenvalue weighted by Crippen LogP contribution is 2.20. The maximum atomic E-state index is 5.35. The summed E-state index contributed by atoms with van der Waals surface area (Å²) < 4.78 is 5.35. The first-order valence-corrected chi connectivity index (χ1v) is 11.4.